The molecule has 0 aliphatic heterocycles. The summed E-state index contributed by atoms with van der Waals surface area (Å²) in [6.07, 6.45) is 0. The highest BCUT2D eigenvalue weighted by atomic mass is 79.9. The minimum absolute atomic E-state index is 0.0509. The Morgan fingerprint density at radius 2 is 1.95 bits per heavy atom. The Balaban J connectivity index is 2.50. The highest BCUT2D eigenvalue weighted by molar-refractivity contribution is 9.10. The van der Waals surface area contributed by atoms with Crippen LogP contribution in [0.1, 0.15) is 5.56 Å². The van der Waals surface area contributed by atoms with Crippen LogP contribution in [0.4, 0.5) is 14.5 Å². The molecule has 2 aromatic carbocycles. The molecular weight excluding hydrogens is 350 g/mol. The summed E-state index contributed by atoms with van der Waals surface area (Å²) in [5.74, 6) is -3.22. The van der Waals surface area contributed by atoms with Crippen molar-refractivity contribution in [3.63, 3.8) is 0 Å². The quantitative estimate of drug-likeness (QED) is 0.467. The first-order valence-electron chi connectivity index (χ1n) is 5.43. The molecule has 0 heterocycles. The molecule has 0 unspecified atom stereocenters. The normalized spacial score (nSPS) is 10.0. The molecule has 0 aliphatic rings. The average molecular weight is 355 g/mol. The highest BCUT2D eigenvalue weighted by Gasteiger charge is 2.20. The number of rotatable bonds is 3. The van der Waals surface area contributed by atoms with Crippen molar-refractivity contribution in [2.24, 2.45) is 0 Å². The van der Waals surface area contributed by atoms with E-state index in [1.807, 2.05) is 0 Å². The Hall–Kier alpha value is -2.53. The van der Waals surface area contributed by atoms with Crippen LogP contribution >= 0.6 is 15.9 Å². The van der Waals surface area contributed by atoms with Crippen LogP contribution in [0.2, 0.25) is 0 Å². The van der Waals surface area contributed by atoms with Gasteiger partial charge in [0.1, 0.15) is 0 Å². The molecule has 0 radical (unpaired) electrons. The van der Waals surface area contributed by atoms with Crippen LogP contribution < -0.4 is 4.74 Å². The van der Waals surface area contributed by atoms with E-state index in [0.29, 0.717) is 0 Å². The van der Waals surface area contributed by atoms with Gasteiger partial charge < -0.3 is 4.74 Å². The molecular formula is C13H5BrF2N2O3. The van der Waals surface area contributed by atoms with Gasteiger partial charge in [0.15, 0.2) is 11.6 Å². The first-order chi connectivity index (χ1) is 9.92. The minimum Gasteiger partial charge on any atom is -0.447 e. The van der Waals surface area contributed by atoms with Gasteiger partial charge >= 0.3 is 5.69 Å². The van der Waals surface area contributed by atoms with Crippen LogP contribution in [0.5, 0.6) is 11.5 Å². The van der Waals surface area contributed by atoms with E-state index in [4.69, 9.17) is 10.00 Å². The van der Waals surface area contributed by atoms with Crippen molar-refractivity contribution < 1.29 is 18.4 Å². The standard InChI is InChI=1S/C13H5BrF2N2O3/c14-8-4-9(15)13(16)12(5-8)21-11-2-1-7(6-17)3-10(11)18(19)20/h1-5H. The zero-order valence-electron chi connectivity index (χ0n) is 10.1. The van der Waals surface area contributed by atoms with E-state index < -0.39 is 28.0 Å². The van der Waals surface area contributed by atoms with Crippen LogP contribution in [0.3, 0.4) is 0 Å². The summed E-state index contributed by atoms with van der Waals surface area (Å²) in [6, 6.07) is 7.19. The third-order valence-corrected chi connectivity index (χ3v) is 2.92. The van der Waals surface area contributed by atoms with Gasteiger partial charge in [0, 0.05) is 10.5 Å². The molecule has 0 fully saturated rings. The molecule has 0 spiro atoms. The summed E-state index contributed by atoms with van der Waals surface area (Å²) in [5.41, 5.74) is -0.469. The molecule has 5 nitrogen and oxygen atoms in total. The van der Waals surface area contributed by atoms with Gasteiger partial charge in [0.2, 0.25) is 11.6 Å². The Bertz CT molecular complexity index is 775. The number of nitro benzene ring substituents is 1. The number of hydrogen-bond donors (Lipinski definition) is 0. The molecule has 0 aliphatic carbocycles. The lowest BCUT2D eigenvalue weighted by Crippen LogP contribution is -1.97. The zero-order valence-corrected chi connectivity index (χ0v) is 11.7. The molecule has 0 amide bonds. The van der Waals surface area contributed by atoms with Gasteiger partial charge in [-0.1, -0.05) is 15.9 Å². The van der Waals surface area contributed by atoms with Gasteiger partial charge in [-0.25, -0.2) is 4.39 Å². The number of hydrogen-bond acceptors (Lipinski definition) is 4. The van der Waals surface area contributed by atoms with E-state index in [2.05, 4.69) is 15.9 Å². The van der Waals surface area contributed by atoms with Gasteiger partial charge in [-0.3, -0.25) is 10.1 Å². The van der Waals surface area contributed by atoms with E-state index >= 15 is 0 Å². The van der Waals surface area contributed by atoms with Crippen LogP contribution in [-0.4, -0.2) is 4.92 Å². The molecule has 0 aromatic heterocycles. The highest BCUT2D eigenvalue weighted by Crippen LogP contribution is 2.35. The fraction of sp³-hybridized carbons (Fsp3) is 0. The van der Waals surface area contributed by atoms with Gasteiger partial charge in [0.25, 0.3) is 0 Å². The second-order valence-electron chi connectivity index (χ2n) is 3.85. The van der Waals surface area contributed by atoms with Gasteiger partial charge in [-0.15, -0.1) is 0 Å². The largest absolute Gasteiger partial charge is 0.447 e. The molecule has 0 saturated heterocycles. The van der Waals surface area contributed by atoms with Gasteiger partial charge in [-0.2, -0.15) is 9.65 Å². The SMILES string of the molecule is N#Cc1ccc(Oc2cc(Br)cc(F)c2F)c([N+](=O)[O-])c1. The molecule has 0 N–H and O–H groups in total. The van der Waals surface area contributed by atoms with Crippen LogP contribution in [0.15, 0.2) is 34.8 Å². The van der Waals surface area contributed by atoms with E-state index in [0.717, 1.165) is 24.3 Å². The Kier molecular flexibility index (Phi) is 4.14. The van der Waals surface area contributed by atoms with E-state index in [1.165, 1.54) is 6.07 Å². The number of halogens is 3. The first-order valence-corrected chi connectivity index (χ1v) is 6.22. The maximum Gasteiger partial charge on any atom is 0.312 e. The maximum atomic E-state index is 13.6. The van der Waals surface area contributed by atoms with Crippen molar-refractivity contribution in [3.8, 4) is 17.6 Å². The third-order valence-electron chi connectivity index (χ3n) is 2.46. The van der Waals surface area contributed by atoms with E-state index in [1.54, 1.807) is 6.07 Å². The fourth-order valence-corrected chi connectivity index (χ4v) is 1.95. The molecule has 21 heavy (non-hydrogen) atoms. The maximum absolute atomic E-state index is 13.6. The Morgan fingerprint density at radius 3 is 2.57 bits per heavy atom. The van der Waals surface area contributed by atoms with Crippen molar-refractivity contribution in [1.29, 1.82) is 5.26 Å². The fourth-order valence-electron chi connectivity index (χ4n) is 1.54. The van der Waals surface area contributed by atoms with Crippen molar-refractivity contribution >= 4 is 21.6 Å². The summed E-state index contributed by atoms with van der Waals surface area (Å²) in [7, 11) is 0. The topological polar surface area (TPSA) is 76.2 Å². The Morgan fingerprint density at radius 1 is 1.24 bits per heavy atom. The van der Waals surface area contributed by atoms with Crippen molar-refractivity contribution in [3.05, 3.63) is 62.1 Å². The predicted molar refractivity (Wildman–Crippen MR) is 71.9 cm³/mol. The second-order valence-corrected chi connectivity index (χ2v) is 4.77. The summed E-state index contributed by atoms with van der Waals surface area (Å²) in [5, 5.41) is 19.7. The lowest BCUT2D eigenvalue weighted by Gasteiger charge is -2.08. The molecule has 0 atom stereocenters. The minimum atomic E-state index is -1.27. The van der Waals surface area contributed by atoms with Crippen molar-refractivity contribution in [1.82, 2.24) is 0 Å². The van der Waals surface area contributed by atoms with Crippen molar-refractivity contribution in [2.75, 3.05) is 0 Å². The van der Waals surface area contributed by atoms with E-state index in [-0.39, 0.29) is 15.8 Å². The molecule has 106 valence electrons. The van der Waals surface area contributed by atoms with Crippen LogP contribution in [0, 0.1) is 33.1 Å². The summed E-state index contributed by atoms with van der Waals surface area (Å²) < 4.78 is 32.1. The molecule has 0 saturated carbocycles. The second kappa shape index (κ2) is 5.85. The molecule has 2 rings (SSSR count). The molecule has 8 heteroatoms. The number of ether oxygens (including phenoxy) is 1. The predicted octanol–water partition coefficient (Wildman–Crippen LogP) is 4.30. The number of benzene rings is 2. The monoisotopic (exact) mass is 354 g/mol. The Labute approximate surface area is 125 Å². The summed E-state index contributed by atoms with van der Waals surface area (Å²) >= 11 is 2.97. The average Bonchev–Trinajstić information content (AvgIpc) is 2.44. The number of nitriles is 1. The van der Waals surface area contributed by atoms with Gasteiger partial charge in [0.05, 0.1) is 16.6 Å². The first kappa shape index (κ1) is 14.9. The summed E-state index contributed by atoms with van der Waals surface area (Å²) in [4.78, 5) is 10.2. The lowest BCUT2D eigenvalue weighted by molar-refractivity contribution is -0.385. The van der Waals surface area contributed by atoms with Crippen molar-refractivity contribution in [2.45, 2.75) is 0 Å². The van der Waals surface area contributed by atoms with Gasteiger partial charge in [-0.05, 0) is 24.3 Å². The number of nitro groups is 1. The molecule has 2 aromatic rings. The smallest absolute Gasteiger partial charge is 0.312 e. The van der Waals surface area contributed by atoms with Crippen LogP contribution in [-0.2, 0) is 0 Å². The third kappa shape index (κ3) is 3.14. The lowest BCUT2D eigenvalue weighted by atomic mass is 10.2. The van der Waals surface area contributed by atoms with E-state index in [9.17, 15) is 18.9 Å². The molecule has 0 bridgehead atoms. The van der Waals surface area contributed by atoms with Crippen LogP contribution in [0.25, 0.3) is 0 Å². The number of nitrogens with zero attached hydrogens (tertiary/aromatic N) is 2. The zero-order chi connectivity index (χ0) is 15.6. The summed E-state index contributed by atoms with van der Waals surface area (Å²) in [6.45, 7) is 0.